The Bertz CT molecular complexity index is 726. The number of thiocarbonyl (C=S) groups is 1. The Labute approximate surface area is 124 Å². The Balaban J connectivity index is 2.29. The van der Waals surface area contributed by atoms with Crippen LogP contribution in [0.25, 0.3) is 11.3 Å². The molecule has 0 saturated heterocycles. The van der Waals surface area contributed by atoms with Crippen molar-refractivity contribution in [1.82, 2.24) is 5.43 Å². The third-order valence-corrected chi connectivity index (χ3v) is 2.54. The molecule has 1 heterocycles. The normalized spacial score (nSPS) is 10.7. The number of hydrazone groups is 1. The zero-order valence-electron chi connectivity index (χ0n) is 10.5. The highest BCUT2D eigenvalue weighted by atomic mass is 32.1. The van der Waals surface area contributed by atoms with Crippen LogP contribution in [0, 0.1) is 10.1 Å². The van der Waals surface area contributed by atoms with Crippen LogP contribution in [0.3, 0.4) is 0 Å². The summed E-state index contributed by atoms with van der Waals surface area (Å²) in [5.74, 6) is 0.507. The Morgan fingerprint density at radius 1 is 1.48 bits per heavy atom. The molecule has 0 radical (unpaired) electrons. The van der Waals surface area contributed by atoms with E-state index in [-0.39, 0.29) is 27.9 Å². The van der Waals surface area contributed by atoms with E-state index in [9.17, 15) is 15.2 Å². The van der Waals surface area contributed by atoms with Gasteiger partial charge in [0.15, 0.2) is 5.11 Å². The van der Waals surface area contributed by atoms with Crippen molar-refractivity contribution in [3.63, 3.8) is 0 Å². The van der Waals surface area contributed by atoms with E-state index in [4.69, 9.17) is 10.2 Å². The van der Waals surface area contributed by atoms with Crippen molar-refractivity contribution in [1.29, 1.82) is 0 Å². The van der Waals surface area contributed by atoms with Gasteiger partial charge in [0.25, 0.3) is 5.69 Å². The summed E-state index contributed by atoms with van der Waals surface area (Å²) in [6, 6.07) is 6.80. The minimum atomic E-state index is -0.555. The Morgan fingerprint density at radius 3 is 2.90 bits per heavy atom. The van der Waals surface area contributed by atoms with Gasteiger partial charge in [-0.05, 0) is 30.4 Å². The zero-order chi connectivity index (χ0) is 15.4. The zero-order valence-corrected chi connectivity index (χ0v) is 11.3. The number of nitrogens with one attached hydrogen (secondary N) is 1. The number of nitro groups is 1. The maximum absolute atomic E-state index is 10.7. The predicted molar refractivity (Wildman–Crippen MR) is 80.0 cm³/mol. The van der Waals surface area contributed by atoms with Crippen LogP contribution in [0.1, 0.15) is 5.76 Å². The second kappa shape index (κ2) is 6.01. The molecule has 0 unspecified atom stereocenters. The average Bonchev–Trinajstić information content (AvgIpc) is 2.87. The molecule has 0 aliphatic rings. The monoisotopic (exact) mass is 306 g/mol. The maximum Gasteiger partial charge on any atom is 0.270 e. The van der Waals surface area contributed by atoms with Crippen molar-refractivity contribution in [3.05, 3.63) is 46.2 Å². The summed E-state index contributed by atoms with van der Waals surface area (Å²) in [4.78, 5) is 10.2. The second-order valence-corrected chi connectivity index (χ2v) is 4.33. The first-order chi connectivity index (χ1) is 9.97. The average molecular weight is 306 g/mol. The lowest BCUT2D eigenvalue weighted by Gasteiger charge is -2.00. The topological polar surface area (TPSA) is 127 Å². The molecule has 8 nitrogen and oxygen atoms in total. The highest BCUT2D eigenvalue weighted by Gasteiger charge is 2.14. The molecule has 2 rings (SSSR count). The van der Waals surface area contributed by atoms with Crippen LogP contribution in [0.4, 0.5) is 5.69 Å². The van der Waals surface area contributed by atoms with Crippen molar-refractivity contribution in [3.8, 4) is 17.1 Å². The second-order valence-electron chi connectivity index (χ2n) is 3.89. The molecule has 0 bridgehead atoms. The van der Waals surface area contributed by atoms with Crippen molar-refractivity contribution in [2.24, 2.45) is 10.8 Å². The molecule has 0 saturated carbocycles. The molecular formula is C12H10N4O4S. The van der Waals surface area contributed by atoms with Crippen LogP contribution in [0.2, 0.25) is 0 Å². The van der Waals surface area contributed by atoms with Crippen molar-refractivity contribution in [2.75, 3.05) is 0 Å². The molecule has 21 heavy (non-hydrogen) atoms. The number of furan rings is 1. The van der Waals surface area contributed by atoms with E-state index in [0.717, 1.165) is 0 Å². The van der Waals surface area contributed by atoms with E-state index < -0.39 is 4.92 Å². The minimum Gasteiger partial charge on any atom is -0.507 e. The van der Waals surface area contributed by atoms with Gasteiger partial charge in [-0.1, -0.05) is 0 Å². The number of rotatable bonds is 4. The molecule has 1 aromatic carbocycles. The summed E-state index contributed by atoms with van der Waals surface area (Å²) >= 11 is 4.57. The lowest BCUT2D eigenvalue weighted by atomic mass is 10.1. The van der Waals surface area contributed by atoms with E-state index in [0.29, 0.717) is 5.76 Å². The minimum absolute atomic E-state index is 0.00867. The number of non-ortho nitro benzene ring substituents is 1. The van der Waals surface area contributed by atoms with Gasteiger partial charge in [-0.15, -0.1) is 0 Å². The molecule has 0 spiro atoms. The summed E-state index contributed by atoms with van der Waals surface area (Å²) < 4.78 is 5.41. The number of aromatic hydroxyl groups is 1. The molecule has 0 fully saturated rings. The van der Waals surface area contributed by atoms with Gasteiger partial charge in [-0.25, -0.2) is 0 Å². The van der Waals surface area contributed by atoms with Gasteiger partial charge in [0.05, 0.1) is 16.7 Å². The van der Waals surface area contributed by atoms with Crippen LogP contribution >= 0.6 is 12.2 Å². The molecule has 0 aliphatic heterocycles. The van der Waals surface area contributed by atoms with Gasteiger partial charge >= 0.3 is 0 Å². The first kappa shape index (κ1) is 14.5. The molecule has 1 aromatic heterocycles. The van der Waals surface area contributed by atoms with Crippen LogP contribution < -0.4 is 11.2 Å². The molecular weight excluding hydrogens is 296 g/mol. The fraction of sp³-hybridized carbons (Fsp3) is 0. The number of nitrogens with two attached hydrogens (primary N) is 1. The number of phenols is 1. The third-order valence-electron chi connectivity index (χ3n) is 2.45. The highest BCUT2D eigenvalue weighted by Crippen LogP contribution is 2.33. The first-order valence-corrected chi connectivity index (χ1v) is 6.04. The highest BCUT2D eigenvalue weighted by molar-refractivity contribution is 7.80. The van der Waals surface area contributed by atoms with Crippen molar-refractivity contribution >= 4 is 29.2 Å². The SMILES string of the molecule is NC(=S)N/N=C/c1ccc(-c2cc([N+](=O)[O-])ccc2O)o1. The van der Waals surface area contributed by atoms with Crippen LogP contribution in [-0.2, 0) is 0 Å². The molecule has 2 aromatic rings. The van der Waals surface area contributed by atoms with Crippen LogP contribution in [0.5, 0.6) is 5.75 Å². The first-order valence-electron chi connectivity index (χ1n) is 5.63. The summed E-state index contributed by atoms with van der Waals surface area (Å²) in [7, 11) is 0. The fourth-order valence-corrected chi connectivity index (χ4v) is 1.61. The van der Waals surface area contributed by atoms with Crippen LogP contribution in [-0.4, -0.2) is 21.4 Å². The van der Waals surface area contributed by atoms with E-state index in [2.05, 4.69) is 22.7 Å². The number of hydrogen-bond acceptors (Lipinski definition) is 6. The summed E-state index contributed by atoms with van der Waals surface area (Å²) in [6.07, 6.45) is 1.33. The molecule has 0 atom stereocenters. The Hall–Kier alpha value is -2.94. The standard InChI is InChI=1S/C12H10N4O4S/c13-12(21)15-14-6-8-2-4-11(20-8)9-5-7(16(18)19)1-3-10(9)17/h1-6,17H,(H3,13,15,21)/b14-6+. The van der Waals surface area contributed by atoms with E-state index in [1.165, 1.54) is 24.4 Å². The van der Waals surface area contributed by atoms with Gasteiger partial charge in [0.1, 0.15) is 17.3 Å². The predicted octanol–water partition coefficient (Wildman–Crippen LogP) is 1.73. The largest absolute Gasteiger partial charge is 0.507 e. The van der Waals surface area contributed by atoms with E-state index in [1.54, 1.807) is 12.1 Å². The molecule has 9 heteroatoms. The number of phenolic OH excluding ortho intramolecular Hbond substituents is 1. The van der Waals surface area contributed by atoms with Gasteiger partial charge < -0.3 is 15.3 Å². The number of nitro benzene ring substituents is 1. The molecule has 4 N–H and O–H groups in total. The number of nitrogens with zero attached hydrogens (tertiary/aromatic N) is 2. The number of benzene rings is 1. The summed E-state index contributed by atoms with van der Waals surface area (Å²) in [5.41, 5.74) is 7.62. The molecule has 0 amide bonds. The quantitative estimate of drug-likeness (QED) is 0.339. The maximum atomic E-state index is 10.7. The fourth-order valence-electron chi connectivity index (χ4n) is 1.56. The lowest BCUT2D eigenvalue weighted by molar-refractivity contribution is -0.384. The van der Waals surface area contributed by atoms with Crippen molar-refractivity contribution in [2.45, 2.75) is 0 Å². The molecule has 0 aliphatic carbocycles. The number of hydrogen-bond donors (Lipinski definition) is 3. The summed E-state index contributed by atoms with van der Waals surface area (Å²) in [5, 5.41) is 24.2. The molecule has 108 valence electrons. The van der Waals surface area contributed by atoms with Gasteiger partial charge in [-0.2, -0.15) is 5.10 Å². The van der Waals surface area contributed by atoms with E-state index in [1.807, 2.05) is 0 Å². The smallest absolute Gasteiger partial charge is 0.270 e. The van der Waals surface area contributed by atoms with Gasteiger partial charge in [0, 0.05) is 12.1 Å². The lowest BCUT2D eigenvalue weighted by Crippen LogP contribution is -2.23. The van der Waals surface area contributed by atoms with Crippen LogP contribution in [0.15, 0.2) is 39.9 Å². The Kier molecular flexibility index (Phi) is 4.14. The van der Waals surface area contributed by atoms with Crippen molar-refractivity contribution < 1.29 is 14.4 Å². The van der Waals surface area contributed by atoms with Gasteiger partial charge in [0.2, 0.25) is 0 Å². The third kappa shape index (κ3) is 3.54. The van der Waals surface area contributed by atoms with E-state index >= 15 is 0 Å². The summed E-state index contributed by atoms with van der Waals surface area (Å²) in [6.45, 7) is 0. The van der Waals surface area contributed by atoms with Gasteiger partial charge in [-0.3, -0.25) is 15.5 Å². The Morgan fingerprint density at radius 2 is 2.24 bits per heavy atom.